The van der Waals surface area contributed by atoms with Crippen molar-refractivity contribution in [3.8, 4) is 5.75 Å². The summed E-state index contributed by atoms with van der Waals surface area (Å²) in [6, 6.07) is 14.5. The van der Waals surface area contributed by atoms with Crippen LogP contribution in [0.1, 0.15) is 31.2 Å². The molecule has 0 aliphatic carbocycles. The van der Waals surface area contributed by atoms with Crippen molar-refractivity contribution < 1.29 is 28.6 Å². The molecule has 0 saturated carbocycles. The summed E-state index contributed by atoms with van der Waals surface area (Å²) in [5.74, 6) is -2.08. The first-order chi connectivity index (χ1) is 13.0. The van der Waals surface area contributed by atoms with E-state index in [2.05, 4.69) is 14.5 Å². The monoisotopic (exact) mass is 365 g/mol. The van der Waals surface area contributed by atoms with E-state index in [1.54, 1.807) is 12.1 Å². The second kappa shape index (κ2) is 7.65. The van der Waals surface area contributed by atoms with Crippen molar-refractivity contribution in [2.75, 3.05) is 14.2 Å². The van der Waals surface area contributed by atoms with Crippen LogP contribution in [0.5, 0.6) is 5.75 Å². The van der Waals surface area contributed by atoms with Gasteiger partial charge in [-0.3, -0.25) is 0 Å². The quantitative estimate of drug-likeness (QED) is 0.518. The van der Waals surface area contributed by atoms with Crippen molar-refractivity contribution in [1.82, 2.24) is 4.98 Å². The second-order valence-electron chi connectivity index (χ2n) is 5.51. The van der Waals surface area contributed by atoms with Crippen LogP contribution in [0.25, 0.3) is 10.9 Å². The van der Waals surface area contributed by atoms with E-state index >= 15 is 0 Å². The molecular weight excluding hydrogens is 350 g/mol. The molecule has 0 spiro atoms. The third-order valence-electron chi connectivity index (χ3n) is 3.77. The maximum atomic E-state index is 12.4. The predicted molar refractivity (Wildman–Crippen MR) is 95.8 cm³/mol. The summed E-state index contributed by atoms with van der Waals surface area (Å²) in [4.78, 5) is 40.3. The Morgan fingerprint density at radius 2 is 1.41 bits per heavy atom. The van der Waals surface area contributed by atoms with Gasteiger partial charge in [-0.05, 0) is 30.3 Å². The Labute approximate surface area is 154 Å². The van der Waals surface area contributed by atoms with Crippen LogP contribution in [0.2, 0.25) is 0 Å². The van der Waals surface area contributed by atoms with E-state index in [1.165, 1.54) is 38.5 Å². The molecule has 0 aliphatic rings. The van der Waals surface area contributed by atoms with E-state index < -0.39 is 17.9 Å². The molecule has 7 heteroatoms. The largest absolute Gasteiger partial charge is 0.465 e. The van der Waals surface area contributed by atoms with E-state index in [1.807, 2.05) is 18.2 Å². The van der Waals surface area contributed by atoms with Crippen LogP contribution in [0.15, 0.2) is 54.6 Å². The molecule has 0 saturated heterocycles. The van der Waals surface area contributed by atoms with E-state index in [9.17, 15) is 14.4 Å². The summed E-state index contributed by atoms with van der Waals surface area (Å²) in [6.07, 6.45) is 0. The molecule has 1 aromatic heterocycles. The molecular formula is C20H15NO6. The third kappa shape index (κ3) is 3.92. The van der Waals surface area contributed by atoms with Gasteiger partial charge >= 0.3 is 17.9 Å². The van der Waals surface area contributed by atoms with E-state index in [0.717, 1.165) is 5.39 Å². The van der Waals surface area contributed by atoms with Crippen molar-refractivity contribution in [1.29, 1.82) is 0 Å². The molecule has 0 bridgehead atoms. The molecule has 27 heavy (non-hydrogen) atoms. The van der Waals surface area contributed by atoms with Gasteiger partial charge in [-0.15, -0.1) is 0 Å². The smallest absolute Gasteiger partial charge is 0.362 e. The highest BCUT2D eigenvalue weighted by Crippen LogP contribution is 2.21. The van der Waals surface area contributed by atoms with Crippen molar-refractivity contribution in [2.24, 2.45) is 0 Å². The number of rotatable bonds is 4. The maximum Gasteiger partial charge on any atom is 0.362 e. The molecule has 136 valence electrons. The number of hydrogen-bond acceptors (Lipinski definition) is 7. The van der Waals surface area contributed by atoms with E-state index in [4.69, 9.17) is 4.74 Å². The Hall–Kier alpha value is -3.74. The van der Waals surface area contributed by atoms with Gasteiger partial charge in [0, 0.05) is 5.39 Å². The molecule has 0 fully saturated rings. The molecule has 3 aromatic rings. The molecule has 0 aliphatic heterocycles. The number of hydrogen-bond donors (Lipinski definition) is 0. The van der Waals surface area contributed by atoms with Crippen LogP contribution in [0.3, 0.4) is 0 Å². The minimum absolute atomic E-state index is 0.00161. The Balaban J connectivity index is 1.93. The molecule has 0 N–H and O–H groups in total. The number of carbonyl (C=O) groups excluding carboxylic acids is 3. The van der Waals surface area contributed by atoms with Gasteiger partial charge in [0.2, 0.25) is 0 Å². The molecule has 3 rings (SSSR count). The molecule has 1 heterocycles. The lowest BCUT2D eigenvalue weighted by Crippen LogP contribution is -2.13. The topological polar surface area (TPSA) is 91.8 Å². The highest BCUT2D eigenvalue weighted by molar-refractivity contribution is 5.97. The Bertz CT molecular complexity index is 1010. The average molecular weight is 365 g/mol. The molecule has 2 aromatic carbocycles. The maximum absolute atomic E-state index is 12.4. The minimum Gasteiger partial charge on any atom is -0.465 e. The first-order valence-corrected chi connectivity index (χ1v) is 7.91. The predicted octanol–water partition coefficient (Wildman–Crippen LogP) is 3.03. The summed E-state index contributed by atoms with van der Waals surface area (Å²) in [7, 11) is 2.41. The lowest BCUT2D eigenvalue weighted by atomic mass is 10.1. The van der Waals surface area contributed by atoms with Gasteiger partial charge < -0.3 is 14.2 Å². The average Bonchev–Trinajstić information content (AvgIpc) is 2.71. The van der Waals surface area contributed by atoms with Crippen LogP contribution >= 0.6 is 0 Å². The number of fused-ring (bicyclic) bond motifs is 1. The van der Waals surface area contributed by atoms with Crippen LogP contribution in [0.4, 0.5) is 0 Å². The van der Waals surface area contributed by atoms with Crippen LogP contribution in [-0.2, 0) is 9.47 Å². The lowest BCUT2D eigenvalue weighted by Gasteiger charge is -2.09. The summed E-state index contributed by atoms with van der Waals surface area (Å²) in [6.45, 7) is 0. The number of methoxy groups -OCH3 is 2. The zero-order valence-electron chi connectivity index (χ0n) is 14.6. The zero-order valence-corrected chi connectivity index (χ0v) is 14.6. The van der Waals surface area contributed by atoms with Crippen LogP contribution < -0.4 is 4.74 Å². The van der Waals surface area contributed by atoms with Gasteiger partial charge in [0.1, 0.15) is 11.4 Å². The SMILES string of the molecule is COC(=O)c1cc(OC(=O)c2ccc3ccccc3n2)cc(C(=O)OC)c1. The summed E-state index contributed by atoms with van der Waals surface area (Å²) in [5.41, 5.74) is 0.839. The fourth-order valence-electron chi connectivity index (χ4n) is 2.47. The number of pyridine rings is 1. The number of esters is 3. The van der Waals surface area contributed by atoms with Gasteiger partial charge in [-0.25, -0.2) is 19.4 Å². The fraction of sp³-hybridized carbons (Fsp3) is 0.100. The Kier molecular flexibility index (Phi) is 5.12. The number of ether oxygens (including phenoxy) is 3. The standard InChI is InChI=1S/C20H15NO6/c1-25-18(22)13-9-14(19(23)26-2)11-15(10-13)27-20(24)17-8-7-12-5-3-4-6-16(12)21-17/h3-11H,1-2H3. The van der Waals surface area contributed by atoms with Crippen molar-refractivity contribution in [3.05, 3.63) is 71.4 Å². The number of benzene rings is 2. The third-order valence-corrected chi connectivity index (χ3v) is 3.77. The Morgan fingerprint density at radius 1 is 0.778 bits per heavy atom. The van der Waals surface area contributed by atoms with Crippen LogP contribution in [0, 0.1) is 0 Å². The van der Waals surface area contributed by atoms with Gasteiger partial charge in [0.25, 0.3) is 0 Å². The molecule has 0 unspecified atom stereocenters. The van der Waals surface area contributed by atoms with E-state index in [0.29, 0.717) is 5.52 Å². The molecule has 7 nitrogen and oxygen atoms in total. The zero-order chi connectivity index (χ0) is 19.4. The summed E-state index contributed by atoms with van der Waals surface area (Å²) >= 11 is 0. The van der Waals surface area contributed by atoms with Crippen LogP contribution in [-0.4, -0.2) is 37.1 Å². The Morgan fingerprint density at radius 3 is 2.04 bits per heavy atom. The number of aromatic nitrogens is 1. The summed E-state index contributed by atoms with van der Waals surface area (Å²) in [5, 5.41) is 0.884. The highest BCUT2D eigenvalue weighted by atomic mass is 16.5. The van der Waals surface area contributed by atoms with Gasteiger partial charge in [0.15, 0.2) is 0 Å². The molecule has 0 amide bonds. The first kappa shape index (κ1) is 18.1. The van der Waals surface area contributed by atoms with Gasteiger partial charge in [-0.1, -0.05) is 24.3 Å². The van der Waals surface area contributed by atoms with Crippen molar-refractivity contribution in [2.45, 2.75) is 0 Å². The fourth-order valence-corrected chi connectivity index (χ4v) is 2.47. The van der Waals surface area contributed by atoms with E-state index in [-0.39, 0.29) is 22.6 Å². The highest BCUT2D eigenvalue weighted by Gasteiger charge is 2.17. The lowest BCUT2D eigenvalue weighted by molar-refractivity contribution is 0.0593. The normalized spacial score (nSPS) is 10.3. The molecule has 0 radical (unpaired) electrons. The number of nitrogens with zero attached hydrogens (tertiary/aromatic N) is 1. The number of carbonyl (C=O) groups is 3. The first-order valence-electron chi connectivity index (χ1n) is 7.91. The van der Waals surface area contributed by atoms with Gasteiger partial charge in [0.05, 0.1) is 30.9 Å². The van der Waals surface area contributed by atoms with Crippen molar-refractivity contribution >= 4 is 28.8 Å². The minimum atomic E-state index is -0.724. The number of para-hydroxylation sites is 1. The molecule has 0 atom stereocenters. The second-order valence-corrected chi connectivity index (χ2v) is 5.51. The van der Waals surface area contributed by atoms with Crippen molar-refractivity contribution in [3.63, 3.8) is 0 Å². The summed E-state index contributed by atoms with van der Waals surface area (Å²) < 4.78 is 14.6. The van der Waals surface area contributed by atoms with Gasteiger partial charge in [-0.2, -0.15) is 0 Å².